The van der Waals surface area contributed by atoms with E-state index in [2.05, 4.69) is 10.1 Å². The Bertz CT molecular complexity index is 602. The lowest BCUT2D eigenvalue weighted by Crippen LogP contribution is -2.33. The smallest absolute Gasteiger partial charge is 0.387 e. The summed E-state index contributed by atoms with van der Waals surface area (Å²) in [6.07, 6.45) is 5.18. The Labute approximate surface area is 127 Å². The zero-order chi connectivity index (χ0) is 15.9. The third-order valence-corrected chi connectivity index (χ3v) is 3.49. The summed E-state index contributed by atoms with van der Waals surface area (Å²) in [5.74, 6) is -0.555. The molecule has 0 bridgehead atoms. The van der Waals surface area contributed by atoms with Crippen molar-refractivity contribution in [2.24, 2.45) is 0 Å². The van der Waals surface area contributed by atoms with Crippen molar-refractivity contribution in [2.45, 2.75) is 38.3 Å². The highest BCUT2D eigenvalue weighted by Crippen LogP contribution is 2.23. The molecule has 1 aliphatic carbocycles. The second-order valence-electron chi connectivity index (χ2n) is 5.04. The SMILES string of the molecule is N#C/C(=C\c1ccccc1OC(F)F)C(=O)NC1CCCC1. The van der Waals surface area contributed by atoms with Gasteiger partial charge in [-0.1, -0.05) is 31.0 Å². The van der Waals surface area contributed by atoms with Crippen LogP contribution in [0.4, 0.5) is 8.78 Å². The highest BCUT2D eigenvalue weighted by molar-refractivity contribution is 6.02. The van der Waals surface area contributed by atoms with Gasteiger partial charge in [-0.05, 0) is 25.0 Å². The quantitative estimate of drug-likeness (QED) is 0.671. The van der Waals surface area contributed by atoms with Crippen LogP contribution >= 0.6 is 0 Å². The van der Waals surface area contributed by atoms with Crippen molar-refractivity contribution >= 4 is 12.0 Å². The van der Waals surface area contributed by atoms with E-state index in [1.54, 1.807) is 12.1 Å². The first-order chi connectivity index (χ1) is 10.6. The Morgan fingerprint density at radius 1 is 1.36 bits per heavy atom. The molecule has 4 nitrogen and oxygen atoms in total. The Kier molecular flexibility index (Phi) is 5.48. The van der Waals surface area contributed by atoms with Crippen LogP contribution in [-0.2, 0) is 4.79 Å². The largest absolute Gasteiger partial charge is 0.434 e. The van der Waals surface area contributed by atoms with E-state index in [4.69, 9.17) is 5.26 Å². The van der Waals surface area contributed by atoms with Crippen molar-refractivity contribution in [3.63, 3.8) is 0 Å². The molecular weight excluding hydrogens is 290 g/mol. The molecule has 0 heterocycles. The molecule has 0 atom stereocenters. The lowest BCUT2D eigenvalue weighted by atomic mass is 10.1. The molecule has 0 unspecified atom stereocenters. The number of nitrogens with one attached hydrogen (secondary N) is 1. The van der Waals surface area contributed by atoms with Gasteiger partial charge in [-0.25, -0.2) is 0 Å². The van der Waals surface area contributed by atoms with E-state index >= 15 is 0 Å². The number of rotatable bonds is 5. The van der Waals surface area contributed by atoms with E-state index < -0.39 is 12.5 Å². The second-order valence-corrected chi connectivity index (χ2v) is 5.04. The number of nitrogens with zero attached hydrogens (tertiary/aromatic N) is 1. The van der Waals surface area contributed by atoms with Gasteiger partial charge in [0.1, 0.15) is 17.4 Å². The average Bonchev–Trinajstić information content (AvgIpc) is 2.98. The maximum Gasteiger partial charge on any atom is 0.387 e. The third kappa shape index (κ3) is 4.29. The fourth-order valence-corrected chi connectivity index (χ4v) is 2.44. The number of alkyl halides is 2. The summed E-state index contributed by atoms with van der Waals surface area (Å²) < 4.78 is 29.1. The maximum absolute atomic E-state index is 12.4. The Balaban J connectivity index is 2.17. The van der Waals surface area contributed by atoms with E-state index in [0.29, 0.717) is 0 Å². The molecule has 0 saturated heterocycles. The minimum absolute atomic E-state index is 0.0704. The first-order valence-corrected chi connectivity index (χ1v) is 7.06. The maximum atomic E-state index is 12.4. The van der Waals surface area contributed by atoms with E-state index in [1.165, 1.54) is 18.2 Å². The van der Waals surface area contributed by atoms with Gasteiger partial charge < -0.3 is 10.1 Å². The van der Waals surface area contributed by atoms with Gasteiger partial charge in [-0.15, -0.1) is 0 Å². The summed E-state index contributed by atoms with van der Waals surface area (Å²) in [6.45, 7) is -2.97. The molecule has 1 saturated carbocycles. The number of halogens is 2. The first kappa shape index (κ1) is 16.0. The highest BCUT2D eigenvalue weighted by atomic mass is 19.3. The van der Waals surface area contributed by atoms with Crippen LogP contribution in [0.2, 0.25) is 0 Å². The van der Waals surface area contributed by atoms with Gasteiger partial charge in [0.2, 0.25) is 0 Å². The molecule has 0 radical (unpaired) electrons. The van der Waals surface area contributed by atoms with Crippen LogP contribution in [0, 0.1) is 11.3 Å². The Morgan fingerprint density at radius 3 is 2.68 bits per heavy atom. The van der Waals surface area contributed by atoms with Crippen LogP contribution in [0.5, 0.6) is 5.75 Å². The molecule has 6 heteroatoms. The molecule has 0 aromatic heterocycles. The molecule has 22 heavy (non-hydrogen) atoms. The summed E-state index contributed by atoms with van der Waals surface area (Å²) in [5.41, 5.74) is 0.137. The van der Waals surface area contributed by atoms with Crippen molar-refractivity contribution in [3.8, 4) is 11.8 Å². The minimum Gasteiger partial charge on any atom is -0.434 e. The monoisotopic (exact) mass is 306 g/mol. The fourth-order valence-electron chi connectivity index (χ4n) is 2.44. The van der Waals surface area contributed by atoms with Gasteiger partial charge in [0.25, 0.3) is 5.91 Å². The van der Waals surface area contributed by atoms with Crippen molar-refractivity contribution in [1.29, 1.82) is 5.26 Å². The number of carbonyl (C=O) groups is 1. The van der Waals surface area contributed by atoms with Crippen LogP contribution in [0.15, 0.2) is 29.8 Å². The van der Waals surface area contributed by atoms with Crippen LogP contribution in [-0.4, -0.2) is 18.6 Å². The molecule has 2 rings (SSSR count). The molecule has 1 aromatic carbocycles. The minimum atomic E-state index is -2.97. The second kappa shape index (κ2) is 7.55. The average molecular weight is 306 g/mol. The van der Waals surface area contributed by atoms with Crippen LogP contribution in [0.3, 0.4) is 0 Å². The molecule has 1 aliphatic rings. The molecule has 1 aromatic rings. The number of ether oxygens (including phenoxy) is 1. The molecule has 1 amide bonds. The molecule has 1 N–H and O–H groups in total. The number of para-hydroxylation sites is 1. The van der Waals surface area contributed by atoms with E-state index in [-0.39, 0.29) is 22.9 Å². The van der Waals surface area contributed by atoms with Gasteiger partial charge >= 0.3 is 6.61 Å². The van der Waals surface area contributed by atoms with Gasteiger partial charge in [-0.2, -0.15) is 14.0 Å². The first-order valence-electron chi connectivity index (χ1n) is 7.06. The lowest BCUT2D eigenvalue weighted by Gasteiger charge is -2.11. The Morgan fingerprint density at radius 2 is 2.05 bits per heavy atom. The standard InChI is InChI=1S/C16H16F2N2O2/c17-16(18)22-14-8-4-1-5-11(14)9-12(10-19)15(21)20-13-6-2-3-7-13/h1,4-5,8-9,13,16H,2-3,6-7H2,(H,20,21)/b12-9+. The van der Waals surface area contributed by atoms with Crippen molar-refractivity contribution in [3.05, 3.63) is 35.4 Å². The number of carbonyl (C=O) groups excluding carboxylic acids is 1. The lowest BCUT2D eigenvalue weighted by molar-refractivity contribution is -0.117. The summed E-state index contributed by atoms with van der Waals surface area (Å²) in [4.78, 5) is 12.1. The van der Waals surface area contributed by atoms with Crippen LogP contribution in [0.25, 0.3) is 6.08 Å². The van der Waals surface area contributed by atoms with Crippen molar-refractivity contribution < 1.29 is 18.3 Å². The number of benzene rings is 1. The van der Waals surface area contributed by atoms with Crippen LogP contribution in [0.1, 0.15) is 31.2 Å². The highest BCUT2D eigenvalue weighted by Gasteiger charge is 2.19. The predicted molar refractivity (Wildman–Crippen MR) is 77.1 cm³/mol. The summed E-state index contributed by atoms with van der Waals surface area (Å²) in [5, 5.41) is 11.9. The fraction of sp³-hybridized carbons (Fsp3) is 0.375. The Hall–Kier alpha value is -2.42. The zero-order valence-electron chi connectivity index (χ0n) is 11.9. The topological polar surface area (TPSA) is 62.1 Å². The van der Waals surface area contributed by atoms with E-state index in [9.17, 15) is 13.6 Å². The number of hydrogen-bond donors (Lipinski definition) is 1. The van der Waals surface area contributed by atoms with Gasteiger partial charge in [0, 0.05) is 11.6 Å². The predicted octanol–water partition coefficient (Wildman–Crippen LogP) is 3.25. The molecule has 0 aliphatic heterocycles. The normalized spacial score (nSPS) is 15.6. The number of amides is 1. The van der Waals surface area contributed by atoms with Gasteiger partial charge in [-0.3, -0.25) is 4.79 Å². The molecule has 116 valence electrons. The molecule has 0 spiro atoms. The number of nitriles is 1. The summed E-state index contributed by atoms with van der Waals surface area (Å²) in [6, 6.07) is 7.93. The summed E-state index contributed by atoms with van der Waals surface area (Å²) >= 11 is 0. The van der Waals surface area contributed by atoms with Crippen molar-refractivity contribution in [1.82, 2.24) is 5.32 Å². The zero-order valence-corrected chi connectivity index (χ0v) is 11.9. The van der Waals surface area contributed by atoms with E-state index in [0.717, 1.165) is 25.7 Å². The molecular formula is C16H16F2N2O2. The van der Waals surface area contributed by atoms with Crippen molar-refractivity contribution in [2.75, 3.05) is 0 Å². The third-order valence-electron chi connectivity index (χ3n) is 3.49. The van der Waals surface area contributed by atoms with Gasteiger partial charge in [0.05, 0.1) is 0 Å². The van der Waals surface area contributed by atoms with Crippen LogP contribution < -0.4 is 10.1 Å². The van der Waals surface area contributed by atoms with E-state index in [1.807, 2.05) is 6.07 Å². The summed E-state index contributed by atoms with van der Waals surface area (Å²) in [7, 11) is 0. The molecule has 1 fully saturated rings. The van der Waals surface area contributed by atoms with Gasteiger partial charge in [0.15, 0.2) is 0 Å². The number of hydrogen-bond acceptors (Lipinski definition) is 3.